The Bertz CT molecular complexity index is 1110. The zero-order chi connectivity index (χ0) is 18.5. The van der Waals surface area contributed by atoms with Crippen LogP contribution in [0, 0.1) is 0 Å². The first-order valence-corrected chi connectivity index (χ1v) is 8.08. The van der Waals surface area contributed by atoms with Crippen LogP contribution in [0.1, 0.15) is 12.5 Å². The lowest BCUT2D eigenvalue weighted by atomic mass is 10.1. The lowest BCUT2D eigenvalue weighted by molar-refractivity contribution is -0.668. The van der Waals surface area contributed by atoms with E-state index in [1.807, 2.05) is 42.0 Å². The average Bonchev–Trinajstić information content (AvgIpc) is 2.98. The number of aryl methyl sites for hydroxylation is 1. The van der Waals surface area contributed by atoms with Crippen LogP contribution in [0.15, 0.2) is 54.7 Å². The van der Waals surface area contributed by atoms with Gasteiger partial charge in [0.15, 0.2) is 11.7 Å². The molecule has 0 aliphatic heterocycles. The summed E-state index contributed by atoms with van der Waals surface area (Å²) in [5.74, 6) is -0.354. The summed E-state index contributed by atoms with van der Waals surface area (Å²) in [6.07, 6.45) is -2.53. The smallest absolute Gasteiger partial charge is 0.416 e. The van der Waals surface area contributed by atoms with E-state index in [0.29, 0.717) is 23.3 Å². The van der Waals surface area contributed by atoms with E-state index in [9.17, 15) is 18.3 Å². The zero-order valence-corrected chi connectivity index (χ0v) is 13.8. The fourth-order valence-corrected chi connectivity index (χ4v) is 3.11. The highest BCUT2D eigenvalue weighted by molar-refractivity contribution is 6.02. The molecule has 4 aromatic rings. The average molecular weight is 357 g/mol. The number of fused-ring (bicyclic) bond motifs is 3. The third kappa shape index (κ3) is 2.47. The number of alkyl halides is 3. The monoisotopic (exact) mass is 357 g/mol. The fraction of sp³-hybridized carbons (Fsp3) is 0.158. The Morgan fingerprint density at radius 2 is 1.77 bits per heavy atom. The molecule has 0 spiro atoms. The Labute approximate surface area is 146 Å². The summed E-state index contributed by atoms with van der Waals surface area (Å²) in [4.78, 5) is 0. The first kappa shape index (κ1) is 16.4. The van der Waals surface area contributed by atoms with Crippen molar-refractivity contribution in [2.45, 2.75) is 19.6 Å². The molecular weight excluding hydrogens is 343 g/mol. The van der Waals surface area contributed by atoms with Crippen LogP contribution in [-0.2, 0) is 12.7 Å². The van der Waals surface area contributed by atoms with E-state index in [1.165, 1.54) is 12.1 Å². The number of halogens is 3. The van der Waals surface area contributed by atoms with Crippen molar-refractivity contribution in [1.82, 2.24) is 9.78 Å². The Balaban J connectivity index is 1.97. The molecule has 26 heavy (non-hydrogen) atoms. The topological polar surface area (TPSA) is 44.8 Å². The molecule has 2 aromatic heterocycles. The zero-order valence-electron chi connectivity index (χ0n) is 13.8. The summed E-state index contributed by atoms with van der Waals surface area (Å²) < 4.78 is 41.2. The third-order valence-electron chi connectivity index (χ3n) is 4.40. The summed E-state index contributed by atoms with van der Waals surface area (Å²) in [5, 5.41) is 19.1. The molecule has 2 heterocycles. The summed E-state index contributed by atoms with van der Waals surface area (Å²) >= 11 is 0. The van der Waals surface area contributed by atoms with Crippen molar-refractivity contribution in [2.75, 3.05) is 0 Å². The van der Waals surface area contributed by atoms with Gasteiger partial charge in [0.25, 0.3) is 0 Å². The van der Waals surface area contributed by atoms with Gasteiger partial charge in [0.1, 0.15) is 6.54 Å². The van der Waals surface area contributed by atoms with Crippen molar-refractivity contribution < 1.29 is 22.8 Å². The van der Waals surface area contributed by atoms with E-state index in [1.54, 1.807) is 0 Å². The molecule has 0 unspecified atom stereocenters. The van der Waals surface area contributed by atoms with Crippen LogP contribution in [0.3, 0.4) is 0 Å². The van der Waals surface area contributed by atoms with Crippen molar-refractivity contribution >= 4 is 21.8 Å². The van der Waals surface area contributed by atoms with Gasteiger partial charge in [-0.05, 0) is 37.3 Å². The molecule has 4 rings (SSSR count). The molecule has 2 aromatic carbocycles. The maximum atomic E-state index is 12.9. The molecule has 0 aliphatic carbocycles. The van der Waals surface area contributed by atoms with E-state index in [-0.39, 0.29) is 5.88 Å². The molecule has 0 amide bonds. The molecule has 132 valence electrons. The molecule has 0 N–H and O–H groups in total. The molecule has 0 saturated heterocycles. The minimum atomic E-state index is -4.42. The minimum absolute atomic E-state index is 0.297. The molecule has 0 atom stereocenters. The molecule has 0 saturated carbocycles. The highest BCUT2D eigenvalue weighted by Crippen LogP contribution is 2.31. The summed E-state index contributed by atoms with van der Waals surface area (Å²) in [5.41, 5.74) is 0.506. The molecule has 7 heteroatoms. The normalized spacial score (nSPS) is 12.2. The number of rotatable bonds is 2. The van der Waals surface area contributed by atoms with Crippen LogP contribution in [0.5, 0.6) is 5.88 Å². The molecule has 4 nitrogen and oxygen atoms in total. The standard InChI is InChI=1S/C19H14F3N3O/c1-2-24-11-12-5-3-4-6-15(12)16-17(24)18(26)25(23-16)14-9-7-13(8-10-14)19(20,21)22/h3-11H,2H2,1H3. The number of aromatic nitrogens is 3. The van der Waals surface area contributed by atoms with Crippen LogP contribution >= 0.6 is 0 Å². The van der Waals surface area contributed by atoms with E-state index in [0.717, 1.165) is 27.6 Å². The predicted octanol–water partition coefficient (Wildman–Crippen LogP) is 3.58. The van der Waals surface area contributed by atoms with Gasteiger partial charge in [-0.25, -0.2) is 4.68 Å². The second kappa shape index (κ2) is 5.72. The number of hydrogen-bond donors (Lipinski definition) is 0. The fourth-order valence-electron chi connectivity index (χ4n) is 3.11. The molecule has 0 aliphatic rings. The van der Waals surface area contributed by atoms with Gasteiger partial charge in [-0.2, -0.15) is 22.8 Å². The molecule has 0 radical (unpaired) electrons. The Hall–Kier alpha value is -3.09. The third-order valence-corrected chi connectivity index (χ3v) is 4.40. The minimum Gasteiger partial charge on any atom is -0.854 e. The number of pyridine rings is 1. The molecular formula is C19H14F3N3O. The van der Waals surface area contributed by atoms with Crippen molar-refractivity contribution in [3.63, 3.8) is 0 Å². The SMILES string of the molecule is CC[n+]1cc2ccccc2c2nn(-c3ccc(C(F)(F)F)cc3)c([O-])c21. The van der Waals surface area contributed by atoms with Gasteiger partial charge >= 0.3 is 6.18 Å². The van der Waals surface area contributed by atoms with Gasteiger partial charge in [-0.1, -0.05) is 18.2 Å². The van der Waals surface area contributed by atoms with Crippen LogP contribution in [0.4, 0.5) is 13.2 Å². The van der Waals surface area contributed by atoms with Crippen molar-refractivity contribution in [3.8, 4) is 11.6 Å². The van der Waals surface area contributed by atoms with Crippen LogP contribution in [-0.4, -0.2) is 9.78 Å². The van der Waals surface area contributed by atoms with E-state index in [4.69, 9.17) is 0 Å². The lowest BCUT2D eigenvalue weighted by Crippen LogP contribution is -2.33. The van der Waals surface area contributed by atoms with Crippen LogP contribution in [0.2, 0.25) is 0 Å². The van der Waals surface area contributed by atoms with Crippen molar-refractivity contribution in [3.05, 3.63) is 60.3 Å². The molecule has 0 bridgehead atoms. The van der Waals surface area contributed by atoms with Gasteiger partial charge in [-0.3, -0.25) is 0 Å². The highest BCUT2D eigenvalue weighted by Gasteiger charge is 2.30. The Kier molecular flexibility index (Phi) is 3.61. The highest BCUT2D eigenvalue weighted by atomic mass is 19.4. The van der Waals surface area contributed by atoms with E-state index in [2.05, 4.69) is 5.10 Å². The lowest BCUT2D eigenvalue weighted by Gasteiger charge is -2.11. The summed E-state index contributed by atoms with van der Waals surface area (Å²) in [7, 11) is 0. The maximum absolute atomic E-state index is 12.9. The quantitative estimate of drug-likeness (QED) is 0.515. The Morgan fingerprint density at radius 1 is 1.08 bits per heavy atom. The van der Waals surface area contributed by atoms with Gasteiger partial charge < -0.3 is 5.11 Å². The summed E-state index contributed by atoms with van der Waals surface area (Å²) in [6, 6.07) is 12.0. The summed E-state index contributed by atoms with van der Waals surface area (Å²) in [6.45, 7) is 2.50. The van der Waals surface area contributed by atoms with Gasteiger partial charge in [0.2, 0.25) is 5.52 Å². The van der Waals surface area contributed by atoms with Crippen molar-refractivity contribution in [2.24, 2.45) is 0 Å². The van der Waals surface area contributed by atoms with Gasteiger partial charge in [0.05, 0.1) is 17.1 Å². The number of nitrogens with zero attached hydrogens (tertiary/aromatic N) is 3. The maximum Gasteiger partial charge on any atom is 0.416 e. The second-order valence-corrected chi connectivity index (χ2v) is 5.96. The predicted molar refractivity (Wildman–Crippen MR) is 88.9 cm³/mol. The van der Waals surface area contributed by atoms with Crippen LogP contribution < -0.4 is 9.67 Å². The molecule has 0 fully saturated rings. The Morgan fingerprint density at radius 3 is 2.42 bits per heavy atom. The van der Waals surface area contributed by atoms with Gasteiger partial charge in [0, 0.05) is 10.8 Å². The van der Waals surface area contributed by atoms with Crippen LogP contribution in [0.25, 0.3) is 27.5 Å². The number of hydrogen-bond acceptors (Lipinski definition) is 2. The largest absolute Gasteiger partial charge is 0.854 e. The second-order valence-electron chi connectivity index (χ2n) is 5.96. The number of benzene rings is 2. The first-order valence-electron chi connectivity index (χ1n) is 8.08. The van der Waals surface area contributed by atoms with Crippen molar-refractivity contribution in [1.29, 1.82) is 0 Å². The van der Waals surface area contributed by atoms with E-state index < -0.39 is 11.7 Å². The van der Waals surface area contributed by atoms with E-state index >= 15 is 0 Å². The van der Waals surface area contributed by atoms with Gasteiger partial charge in [-0.15, -0.1) is 0 Å². The first-order chi connectivity index (χ1) is 12.4.